The van der Waals surface area contributed by atoms with Crippen molar-refractivity contribution in [3.05, 3.63) is 17.5 Å². The van der Waals surface area contributed by atoms with Crippen LogP contribution in [0.15, 0.2) is 16.8 Å². The van der Waals surface area contributed by atoms with Gasteiger partial charge in [0.2, 0.25) is 0 Å². The lowest BCUT2D eigenvalue weighted by Crippen LogP contribution is -2.56. The average molecular weight is 407 g/mol. The molecule has 1 amide bonds. The first-order chi connectivity index (χ1) is 13.3. The summed E-state index contributed by atoms with van der Waals surface area (Å²) in [6.07, 6.45) is 4.41. The third kappa shape index (κ3) is 3.79. The number of ether oxygens (including phenoxy) is 2. The number of amides is 1. The van der Waals surface area contributed by atoms with E-state index in [9.17, 15) is 4.79 Å². The van der Waals surface area contributed by atoms with Crippen molar-refractivity contribution in [1.29, 1.82) is 0 Å². The van der Waals surface area contributed by atoms with E-state index in [1.165, 1.54) is 6.21 Å². The Morgan fingerprint density at radius 2 is 2.11 bits per heavy atom. The molecule has 4 N–H and O–H groups in total. The minimum Gasteiger partial charge on any atom is -0.486 e. The SMILES string of the molecule is CSC(C)(C)c1nc(N=CC(=CN)C(N)=O)nc2c1OC[C@@H]1COC[C@@H](C)N21. The molecule has 0 saturated carbocycles. The zero-order valence-electron chi connectivity index (χ0n) is 16.5. The van der Waals surface area contributed by atoms with E-state index in [1.54, 1.807) is 11.8 Å². The molecule has 0 bridgehead atoms. The molecular weight excluding hydrogens is 380 g/mol. The lowest BCUT2D eigenvalue weighted by molar-refractivity contribution is -0.114. The molecule has 3 heterocycles. The third-order valence-electron chi connectivity index (χ3n) is 4.90. The molecule has 152 valence electrons. The summed E-state index contributed by atoms with van der Waals surface area (Å²) in [7, 11) is 0. The van der Waals surface area contributed by atoms with Gasteiger partial charge in [-0.2, -0.15) is 16.7 Å². The van der Waals surface area contributed by atoms with Gasteiger partial charge < -0.3 is 25.8 Å². The van der Waals surface area contributed by atoms with Gasteiger partial charge in [0, 0.05) is 12.4 Å². The quantitative estimate of drug-likeness (QED) is 0.549. The Hall–Kier alpha value is -2.33. The maximum Gasteiger partial charge on any atom is 0.251 e. The molecule has 28 heavy (non-hydrogen) atoms. The number of aliphatic imine (C=N–C) groups is 1. The van der Waals surface area contributed by atoms with E-state index in [2.05, 4.69) is 40.6 Å². The zero-order chi connectivity index (χ0) is 20.5. The molecule has 9 nitrogen and oxygen atoms in total. The predicted molar refractivity (Wildman–Crippen MR) is 110 cm³/mol. The van der Waals surface area contributed by atoms with Gasteiger partial charge in [-0.1, -0.05) is 0 Å². The van der Waals surface area contributed by atoms with E-state index < -0.39 is 5.91 Å². The van der Waals surface area contributed by atoms with Crippen molar-refractivity contribution in [3.8, 4) is 5.75 Å². The molecule has 0 spiro atoms. The molecule has 2 atom stereocenters. The molecule has 1 saturated heterocycles. The Morgan fingerprint density at radius 3 is 2.75 bits per heavy atom. The highest BCUT2D eigenvalue weighted by atomic mass is 32.2. The van der Waals surface area contributed by atoms with Crippen LogP contribution in [0.3, 0.4) is 0 Å². The highest BCUT2D eigenvalue weighted by molar-refractivity contribution is 7.99. The second-order valence-electron chi connectivity index (χ2n) is 7.24. The van der Waals surface area contributed by atoms with Gasteiger partial charge in [0.25, 0.3) is 11.9 Å². The maximum absolute atomic E-state index is 11.4. The van der Waals surface area contributed by atoms with Crippen LogP contribution >= 0.6 is 11.8 Å². The van der Waals surface area contributed by atoms with E-state index in [-0.39, 0.29) is 28.4 Å². The number of fused-ring (bicyclic) bond motifs is 3. The minimum absolute atomic E-state index is 0.0818. The number of morpholine rings is 1. The molecule has 0 unspecified atom stereocenters. The number of carbonyl (C=O) groups excluding carboxylic acids is 1. The topological polar surface area (TPSA) is 129 Å². The Labute approximate surface area is 168 Å². The van der Waals surface area contributed by atoms with E-state index in [0.29, 0.717) is 31.4 Å². The van der Waals surface area contributed by atoms with E-state index in [1.807, 2.05) is 6.26 Å². The molecule has 2 aliphatic heterocycles. The van der Waals surface area contributed by atoms with Crippen LogP contribution < -0.4 is 21.1 Å². The second kappa shape index (κ2) is 7.96. The molecule has 10 heteroatoms. The fourth-order valence-corrected chi connectivity index (χ4v) is 3.53. The minimum atomic E-state index is -0.668. The molecule has 1 aromatic heterocycles. The monoisotopic (exact) mass is 406 g/mol. The van der Waals surface area contributed by atoms with Gasteiger partial charge in [-0.25, -0.2) is 9.98 Å². The highest BCUT2D eigenvalue weighted by Crippen LogP contribution is 2.45. The summed E-state index contributed by atoms with van der Waals surface area (Å²) in [5.41, 5.74) is 11.6. The number of nitrogens with two attached hydrogens (primary N) is 2. The average Bonchev–Trinajstić information content (AvgIpc) is 2.67. The van der Waals surface area contributed by atoms with E-state index >= 15 is 0 Å². The summed E-state index contributed by atoms with van der Waals surface area (Å²) >= 11 is 1.65. The standard InChI is InChI=1S/C18H26N6O3S/c1-10-7-26-8-12-9-27-13-14(18(2,3)28-4)22-17(23-16(13)24(10)12)21-6-11(5-19)15(20)25/h5-6,10,12H,7-9,19H2,1-4H3,(H2,20,25)/t10-,12+/m1/s1. The van der Waals surface area contributed by atoms with Crippen molar-refractivity contribution in [2.45, 2.75) is 37.6 Å². The maximum atomic E-state index is 11.4. The molecular formula is C18H26N6O3S. The Bertz CT molecular complexity index is 826. The number of thioether (sulfide) groups is 1. The van der Waals surface area contributed by atoms with Gasteiger partial charge in [0.15, 0.2) is 11.6 Å². The fraction of sp³-hybridized carbons (Fsp3) is 0.556. The van der Waals surface area contributed by atoms with Gasteiger partial charge >= 0.3 is 0 Å². The normalized spacial score (nSPS) is 22.6. The third-order valence-corrected chi connectivity index (χ3v) is 6.12. The van der Waals surface area contributed by atoms with Crippen LogP contribution in [0, 0.1) is 0 Å². The van der Waals surface area contributed by atoms with Crippen LogP contribution in [0.1, 0.15) is 26.5 Å². The number of anilines is 1. The summed E-state index contributed by atoms with van der Waals surface area (Å²) in [5.74, 6) is 0.926. The second-order valence-corrected chi connectivity index (χ2v) is 8.67. The number of primary amides is 1. The summed E-state index contributed by atoms with van der Waals surface area (Å²) in [5, 5.41) is 0. The molecule has 0 aromatic carbocycles. The lowest BCUT2D eigenvalue weighted by atomic mass is 10.0. The molecule has 1 aromatic rings. The van der Waals surface area contributed by atoms with Gasteiger partial charge in [0.1, 0.15) is 12.3 Å². The van der Waals surface area contributed by atoms with Crippen LogP contribution in [0.5, 0.6) is 5.75 Å². The Balaban J connectivity index is 2.13. The zero-order valence-corrected chi connectivity index (χ0v) is 17.3. The van der Waals surface area contributed by atoms with Crippen molar-refractivity contribution in [3.63, 3.8) is 0 Å². The van der Waals surface area contributed by atoms with Gasteiger partial charge in [-0.05, 0) is 27.0 Å². The lowest BCUT2D eigenvalue weighted by Gasteiger charge is -2.45. The molecule has 0 aliphatic carbocycles. The largest absolute Gasteiger partial charge is 0.486 e. The molecule has 0 radical (unpaired) electrons. The molecule has 1 fully saturated rings. The van der Waals surface area contributed by atoms with E-state index in [0.717, 1.165) is 11.9 Å². The van der Waals surface area contributed by atoms with Crippen LogP contribution in [0.25, 0.3) is 0 Å². The summed E-state index contributed by atoms with van der Waals surface area (Å²) in [6, 6.07) is 0.224. The first-order valence-electron chi connectivity index (χ1n) is 9.00. The van der Waals surface area contributed by atoms with Crippen molar-refractivity contribution < 1.29 is 14.3 Å². The Morgan fingerprint density at radius 1 is 1.36 bits per heavy atom. The number of hydrogen-bond acceptors (Lipinski definition) is 9. The summed E-state index contributed by atoms with van der Waals surface area (Å²) in [6.45, 7) is 7.94. The summed E-state index contributed by atoms with van der Waals surface area (Å²) < 4.78 is 11.4. The van der Waals surface area contributed by atoms with Crippen LogP contribution in [0.2, 0.25) is 0 Å². The molecule has 2 aliphatic rings. The number of hydrogen-bond donors (Lipinski definition) is 2. The van der Waals surface area contributed by atoms with Crippen molar-refractivity contribution in [2.24, 2.45) is 16.5 Å². The van der Waals surface area contributed by atoms with Crippen LogP contribution in [-0.2, 0) is 14.3 Å². The predicted octanol–water partition coefficient (Wildman–Crippen LogP) is 1.09. The number of carbonyl (C=O) groups is 1. The van der Waals surface area contributed by atoms with Gasteiger partial charge in [0.05, 0.1) is 35.6 Å². The Kier molecular flexibility index (Phi) is 5.80. The van der Waals surface area contributed by atoms with Crippen molar-refractivity contribution >= 4 is 35.6 Å². The number of aromatic nitrogens is 2. The van der Waals surface area contributed by atoms with Crippen molar-refractivity contribution in [1.82, 2.24) is 9.97 Å². The first-order valence-corrected chi connectivity index (χ1v) is 10.2. The molecule has 3 rings (SSSR count). The number of nitrogens with zero attached hydrogens (tertiary/aromatic N) is 4. The van der Waals surface area contributed by atoms with Crippen LogP contribution in [-0.4, -0.2) is 60.2 Å². The van der Waals surface area contributed by atoms with Crippen molar-refractivity contribution in [2.75, 3.05) is 31.0 Å². The first kappa shape index (κ1) is 20.4. The summed E-state index contributed by atoms with van der Waals surface area (Å²) in [4.78, 5) is 27.1. The van der Waals surface area contributed by atoms with Gasteiger partial charge in [-0.3, -0.25) is 4.79 Å². The highest BCUT2D eigenvalue weighted by Gasteiger charge is 2.40. The smallest absolute Gasteiger partial charge is 0.251 e. The van der Waals surface area contributed by atoms with Crippen LogP contribution in [0.4, 0.5) is 11.8 Å². The number of rotatable bonds is 5. The van der Waals surface area contributed by atoms with E-state index in [4.69, 9.17) is 20.9 Å². The van der Waals surface area contributed by atoms with Gasteiger partial charge in [-0.15, -0.1) is 0 Å². The fourth-order valence-electron chi connectivity index (χ4n) is 3.20.